The second-order valence-corrected chi connectivity index (χ2v) is 6.18. The van der Waals surface area contributed by atoms with Gasteiger partial charge in [0.2, 0.25) is 11.8 Å². The standard InChI is InChI=1S/C15H27N5O2/c1-11(2)15(4,10-16)18-13(21)9-19(5)14(22)12(3)20-8-6-7-17-20/h6-8,11-12H,9-10,16H2,1-5H3,(H,18,21). The molecule has 3 N–H and O–H groups in total. The Balaban J connectivity index is 2.62. The van der Waals surface area contributed by atoms with E-state index in [0.29, 0.717) is 6.54 Å². The van der Waals surface area contributed by atoms with Gasteiger partial charge in [-0.1, -0.05) is 13.8 Å². The van der Waals surface area contributed by atoms with E-state index in [0.717, 1.165) is 0 Å². The van der Waals surface area contributed by atoms with Gasteiger partial charge in [0, 0.05) is 26.0 Å². The van der Waals surface area contributed by atoms with Crippen molar-refractivity contribution in [3.63, 3.8) is 0 Å². The van der Waals surface area contributed by atoms with Gasteiger partial charge < -0.3 is 16.0 Å². The Morgan fingerprint density at radius 2 is 2.05 bits per heavy atom. The summed E-state index contributed by atoms with van der Waals surface area (Å²) in [6, 6.07) is 1.31. The minimum Gasteiger partial charge on any atom is -0.348 e. The SMILES string of the molecule is CC(C(=O)N(C)CC(=O)NC(C)(CN)C(C)C)n1cccn1. The predicted molar refractivity (Wildman–Crippen MR) is 85.0 cm³/mol. The smallest absolute Gasteiger partial charge is 0.247 e. The van der Waals surface area contributed by atoms with Gasteiger partial charge in [-0.25, -0.2) is 0 Å². The highest BCUT2D eigenvalue weighted by atomic mass is 16.2. The second-order valence-electron chi connectivity index (χ2n) is 6.18. The van der Waals surface area contributed by atoms with Crippen LogP contribution in [-0.2, 0) is 9.59 Å². The summed E-state index contributed by atoms with van der Waals surface area (Å²) in [6.45, 7) is 8.00. The van der Waals surface area contributed by atoms with E-state index in [1.807, 2.05) is 20.8 Å². The molecule has 0 spiro atoms. The summed E-state index contributed by atoms with van der Waals surface area (Å²) < 4.78 is 1.56. The van der Waals surface area contributed by atoms with Crippen LogP contribution in [0.1, 0.15) is 33.7 Å². The van der Waals surface area contributed by atoms with Crippen molar-refractivity contribution in [3.8, 4) is 0 Å². The quantitative estimate of drug-likeness (QED) is 0.762. The summed E-state index contributed by atoms with van der Waals surface area (Å²) in [6.07, 6.45) is 3.34. The molecular formula is C15H27N5O2. The zero-order valence-corrected chi connectivity index (χ0v) is 14.0. The van der Waals surface area contributed by atoms with Gasteiger partial charge >= 0.3 is 0 Å². The van der Waals surface area contributed by atoms with E-state index in [2.05, 4.69) is 10.4 Å². The number of carbonyl (C=O) groups excluding carboxylic acids is 2. The molecule has 0 fully saturated rings. The molecule has 1 aromatic heterocycles. The zero-order valence-electron chi connectivity index (χ0n) is 14.0. The summed E-state index contributed by atoms with van der Waals surface area (Å²) in [7, 11) is 1.61. The maximum atomic E-state index is 12.3. The molecule has 0 aliphatic heterocycles. The van der Waals surface area contributed by atoms with Gasteiger partial charge in [-0.05, 0) is 25.8 Å². The topological polar surface area (TPSA) is 93.3 Å². The summed E-state index contributed by atoms with van der Waals surface area (Å²) in [5, 5.41) is 6.97. The third-order valence-electron chi connectivity index (χ3n) is 4.16. The Bertz CT molecular complexity index is 500. The zero-order chi connectivity index (χ0) is 16.9. The Morgan fingerprint density at radius 3 is 2.50 bits per heavy atom. The van der Waals surface area contributed by atoms with Gasteiger partial charge in [0.05, 0.1) is 12.1 Å². The van der Waals surface area contributed by atoms with Crippen LogP contribution >= 0.6 is 0 Å². The summed E-state index contributed by atoms with van der Waals surface area (Å²) in [5.41, 5.74) is 5.27. The number of nitrogens with two attached hydrogens (primary N) is 1. The molecule has 1 aromatic rings. The van der Waals surface area contributed by atoms with Crippen molar-refractivity contribution in [3.05, 3.63) is 18.5 Å². The fraction of sp³-hybridized carbons (Fsp3) is 0.667. The molecule has 7 heteroatoms. The summed E-state index contributed by atoms with van der Waals surface area (Å²) in [5.74, 6) is -0.187. The molecule has 22 heavy (non-hydrogen) atoms. The molecule has 0 aliphatic carbocycles. The first-order chi connectivity index (χ1) is 10.2. The fourth-order valence-corrected chi connectivity index (χ4v) is 2.02. The van der Waals surface area contributed by atoms with Crippen molar-refractivity contribution in [2.45, 2.75) is 39.3 Å². The second kappa shape index (κ2) is 7.40. The molecular weight excluding hydrogens is 282 g/mol. The first-order valence-electron chi connectivity index (χ1n) is 7.46. The minimum absolute atomic E-state index is 0.00719. The maximum absolute atomic E-state index is 12.3. The van der Waals surface area contributed by atoms with Gasteiger partial charge in [0.1, 0.15) is 6.04 Å². The first-order valence-corrected chi connectivity index (χ1v) is 7.46. The molecule has 2 amide bonds. The predicted octanol–water partition coefficient (Wildman–Crippen LogP) is 0.392. The average Bonchev–Trinajstić information content (AvgIpc) is 2.99. The molecule has 0 radical (unpaired) electrons. The van der Waals surface area contributed by atoms with E-state index in [1.165, 1.54) is 4.90 Å². The van der Waals surface area contributed by atoms with Gasteiger partial charge in [-0.3, -0.25) is 14.3 Å². The third-order valence-corrected chi connectivity index (χ3v) is 4.16. The number of aromatic nitrogens is 2. The number of rotatable bonds is 7. The number of likely N-dealkylation sites (N-methyl/N-ethyl adjacent to an activating group) is 1. The Hall–Kier alpha value is -1.89. The van der Waals surface area contributed by atoms with Crippen LogP contribution in [0.5, 0.6) is 0 Å². The average molecular weight is 309 g/mol. The van der Waals surface area contributed by atoms with E-state index in [4.69, 9.17) is 5.73 Å². The van der Waals surface area contributed by atoms with E-state index < -0.39 is 11.6 Å². The molecule has 7 nitrogen and oxygen atoms in total. The third kappa shape index (κ3) is 4.30. The van der Waals surface area contributed by atoms with E-state index in [-0.39, 0.29) is 24.3 Å². The number of amides is 2. The van der Waals surface area contributed by atoms with Crippen LogP contribution in [0.25, 0.3) is 0 Å². The molecule has 0 bridgehead atoms. The van der Waals surface area contributed by atoms with E-state index >= 15 is 0 Å². The lowest BCUT2D eigenvalue weighted by atomic mass is 9.88. The Labute approximate surface area is 131 Å². The molecule has 2 unspecified atom stereocenters. The van der Waals surface area contributed by atoms with Crippen molar-refractivity contribution in [1.29, 1.82) is 0 Å². The van der Waals surface area contributed by atoms with Crippen molar-refractivity contribution in [2.24, 2.45) is 11.7 Å². The number of nitrogens with zero attached hydrogens (tertiary/aromatic N) is 3. The van der Waals surface area contributed by atoms with E-state index in [1.54, 1.807) is 37.1 Å². The van der Waals surface area contributed by atoms with Crippen LogP contribution in [0, 0.1) is 5.92 Å². The molecule has 1 rings (SSSR count). The van der Waals surface area contributed by atoms with Crippen LogP contribution in [0.2, 0.25) is 0 Å². The maximum Gasteiger partial charge on any atom is 0.247 e. The molecule has 0 aromatic carbocycles. The van der Waals surface area contributed by atoms with Crippen LogP contribution in [0.4, 0.5) is 0 Å². The molecule has 124 valence electrons. The fourth-order valence-electron chi connectivity index (χ4n) is 2.02. The number of carbonyl (C=O) groups is 2. The molecule has 0 saturated heterocycles. The van der Waals surface area contributed by atoms with Crippen molar-refractivity contribution < 1.29 is 9.59 Å². The van der Waals surface area contributed by atoms with Crippen LogP contribution in [0.15, 0.2) is 18.5 Å². The lowest BCUT2D eigenvalue weighted by Gasteiger charge is -2.34. The number of hydrogen-bond donors (Lipinski definition) is 2. The first kappa shape index (κ1) is 18.2. The highest BCUT2D eigenvalue weighted by molar-refractivity contribution is 5.86. The number of hydrogen-bond acceptors (Lipinski definition) is 4. The monoisotopic (exact) mass is 309 g/mol. The lowest BCUT2D eigenvalue weighted by Crippen LogP contribution is -2.57. The highest BCUT2D eigenvalue weighted by Gasteiger charge is 2.29. The van der Waals surface area contributed by atoms with Crippen LogP contribution < -0.4 is 11.1 Å². The van der Waals surface area contributed by atoms with Crippen molar-refractivity contribution in [1.82, 2.24) is 20.0 Å². The van der Waals surface area contributed by atoms with E-state index in [9.17, 15) is 9.59 Å². The largest absolute Gasteiger partial charge is 0.348 e. The summed E-state index contributed by atoms with van der Waals surface area (Å²) in [4.78, 5) is 25.9. The van der Waals surface area contributed by atoms with Gasteiger partial charge in [0.25, 0.3) is 0 Å². The lowest BCUT2D eigenvalue weighted by molar-refractivity contribution is -0.137. The molecule has 2 atom stereocenters. The molecule has 1 heterocycles. The Morgan fingerprint density at radius 1 is 1.41 bits per heavy atom. The minimum atomic E-state index is -0.478. The number of nitrogens with one attached hydrogen (secondary N) is 1. The van der Waals surface area contributed by atoms with Crippen LogP contribution in [-0.4, -0.2) is 52.2 Å². The Kier molecular flexibility index (Phi) is 6.11. The van der Waals surface area contributed by atoms with Crippen molar-refractivity contribution >= 4 is 11.8 Å². The molecule has 0 saturated carbocycles. The normalized spacial score (nSPS) is 15.2. The van der Waals surface area contributed by atoms with Crippen molar-refractivity contribution in [2.75, 3.05) is 20.1 Å². The summed E-state index contributed by atoms with van der Waals surface area (Å²) >= 11 is 0. The van der Waals surface area contributed by atoms with Gasteiger partial charge in [-0.15, -0.1) is 0 Å². The molecule has 0 aliphatic rings. The van der Waals surface area contributed by atoms with Gasteiger partial charge in [-0.2, -0.15) is 5.10 Å². The van der Waals surface area contributed by atoms with Gasteiger partial charge in [0.15, 0.2) is 0 Å². The highest BCUT2D eigenvalue weighted by Crippen LogP contribution is 2.14. The van der Waals surface area contributed by atoms with Crippen LogP contribution in [0.3, 0.4) is 0 Å².